The van der Waals surface area contributed by atoms with Gasteiger partial charge in [-0.2, -0.15) is 0 Å². The van der Waals surface area contributed by atoms with Gasteiger partial charge in [-0.25, -0.2) is 0 Å². The van der Waals surface area contributed by atoms with Crippen molar-refractivity contribution in [2.45, 2.75) is 64.4 Å². The van der Waals surface area contributed by atoms with E-state index in [-0.39, 0.29) is 18.4 Å². The summed E-state index contributed by atoms with van der Waals surface area (Å²) in [4.78, 5) is 0. The molecule has 2 unspecified atom stereocenters. The van der Waals surface area contributed by atoms with Crippen molar-refractivity contribution in [2.24, 2.45) is 0 Å². The SMILES string of the molecule is CCOC(CCNC1CCCCC1O)OCC. The number of hydrogen-bond donors (Lipinski definition) is 2. The van der Waals surface area contributed by atoms with Gasteiger partial charge in [0.2, 0.25) is 0 Å². The molecule has 4 heteroatoms. The molecule has 2 atom stereocenters. The molecule has 0 aliphatic heterocycles. The minimum Gasteiger partial charge on any atom is -0.392 e. The largest absolute Gasteiger partial charge is 0.392 e. The van der Waals surface area contributed by atoms with Gasteiger partial charge in [0.05, 0.1) is 6.10 Å². The molecule has 0 heterocycles. The van der Waals surface area contributed by atoms with Gasteiger partial charge in [0.25, 0.3) is 0 Å². The van der Waals surface area contributed by atoms with Crippen LogP contribution in [-0.4, -0.2) is 43.3 Å². The van der Waals surface area contributed by atoms with E-state index in [2.05, 4.69) is 5.32 Å². The number of aliphatic hydroxyl groups is 1. The highest BCUT2D eigenvalue weighted by molar-refractivity contribution is 4.80. The van der Waals surface area contributed by atoms with E-state index in [0.717, 1.165) is 32.2 Å². The summed E-state index contributed by atoms with van der Waals surface area (Å²) in [5.41, 5.74) is 0. The molecule has 0 aromatic rings. The smallest absolute Gasteiger partial charge is 0.158 e. The molecule has 17 heavy (non-hydrogen) atoms. The quantitative estimate of drug-likeness (QED) is 0.639. The van der Waals surface area contributed by atoms with Crippen molar-refractivity contribution < 1.29 is 14.6 Å². The molecule has 1 saturated carbocycles. The maximum atomic E-state index is 9.82. The van der Waals surface area contributed by atoms with E-state index in [1.54, 1.807) is 0 Å². The predicted octanol–water partition coefficient (Wildman–Crippen LogP) is 1.67. The lowest BCUT2D eigenvalue weighted by Gasteiger charge is -2.29. The standard InChI is InChI=1S/C13H27NO3/c1-3-16-13(17-4-2)9-10-14-11-7-5-6-8-12(11)15/h11-15H,3-10H2,1-2H3. The van der Waals surface area contributed by atoms with Crippen LogP contribution in [0, 0.1) is 0 Å². The summed E-state index contributed by atoms with van der Waals surface area (Å²) in [6, 6.07) is 0.257. The van der Waals surface area contributed by atoms with Gasteiger partial charge >= 0.3 is 0 Å². The molecule has 1 rings (SSSR count). The van der Waals surface area contributed by atoms with Gasteiger partial charge < -0.3 is 19.9 Å². The van der Waals surface area contributed by atoms with E-state index in [0.29, 0.717) is 13.2 Å². The fourth-order valence-corrected chi connectivity index (χ4v) is 2.32. The van der Waals surface area contributed by atoms with Gasteiger partial charge in [-0.15, -0.1) is 0 Å². The fraction of sp³-hybridized carbons (Fsp3) is 1.00. The van der Waals surface area contributed by atoms with Crippen LogP contribution in [0.1, 0.15) is 46.0 Å². The third-order valence-corrected chi connectivity index (χ3v) is 3.22. The summed E-state index contributed by atoms with van der Waals surface area (Å²) in [5.74, 6) is 0. The Morgan fingerprint density at radius 3 is 2.41 bits per heavy atom. The first-order chi connectivity index (χ1) is 8.27. The maximum absolute atomic E-state index is 9.82. The van der Waals surface area contributed by atoms with Crippen molar-refractivity contribution in [3.8, 4) is 0 Å². The van der Waals surface area contributed by atoms with Crippen LogP contribution in [0.3, 0.4) is 0 Å². The Morgan fingerprint density at radius 1 is 1.18 bits per heavy atom. The van der Waals surface area contributed by atoms with Crippen LogP contribution in [0.15, 0.2) is 0 Å². The zero-order valence-electron chi connectivity index (χ0n) is 11.2. The normalized spacial score (nSPS) is 25.4. The Labute approximate surface area is 105 Å². The summed E-state index contributed by atoms with van der Waals surface area (Å²) in [6.45, 7) is 6.15. The highest BCUT2D eigenvalue weighted by atomic mass is 16.7. The Morgan fingerprint density at radius 2 is 1.82 bits per heavy atom. The average Bonchev–Trinajstić information content (AvgIpc) is 2.32. The minimum atomic E-state index is -0.179. The second-order valence-electron chi connectivity index (χ2n) is 4.54. The Kier molecular flexibility index (Phi) is 7.77. The zero-order valence-corrected chi connectivity index (χ0v) is 11.2. The van der Waals surface area contributed by atoms with Crippen molar-refractivity contribution >= 4 is 0 Å². The van der Waals surface area contributed by atoms with E-state index in [9.17, 15) is 5.11 Å². The van der Waals surface area contributed by atoms with E-state index in [1.165, 1.54) is 6.42 Å². The van der Waals surface area contributed by atoms with Gasteiger partial charge in [0.1, 0.15) is 0 Å². The van der Waals surface area contributed by atoms with Gasteiger partial charge in [-0.1, -0.05) is 12.8 Å². The van der Waals surface area contributed by atoms with Crippen LogP contribution in [0.4, 0.5) is 0 Å². The van der Waals surface area contributed by atoms with Crippen LogP contribution in [0.5, 0.6) is 0 Å². The van der Waals surface area contributed by atoms with E-state index in [1.807, 2.05) is 13.8 Å². The molecule has 0 saturated heterocycles. The number of rotatable bonds is 8. The third kappa shape index (κ3) is 5.82. The molecule has 1 fully saturated rings. The van der Waals surface area contributed by atoms with Gasteiger partial charge in [-0.3, -0.25) is 0 Å². The Hall–Kier alpha value is -0.160. The van der Waals surface area contributed by atoms with Crippen molar-refractivity contribution in [3.63, 3.8) is 0 Å². The molecule has 0 aromatic carbocycles. The summed E-state index contributed by atoms with van der Waals surface area (Å²) in [6.07, 6.45) is 4.92. The van der Waals surface area contributed by atoms with Crippen LogP contribution < -0.4 is 5.32 Å². The van der Waals surface area contributed by atoms with Crippen molar-refractivity contribution in [3.05, 3.63) is 0 Å². The zero-order chi connectivity index (χ0) is 12.5. The molecule has 4 nitrogen and oxygen atoms in total. The molecular weight excluding hydrogens is 218 g/mol. The molecule has 0 radical (unpaired) electrons. The first-order valence-electron chi connectivity index (χ1n) is 6.92. The van der Waals surface area contributed by atoms with Crippen molar-refractivity contribution in [2.75, 3.05) is 19.8 Å². The number of hydrogen-bond acceptors (Lipinski definition) is 4. The van der Waals surface area contributed by atoms with Gasteiger partial charge in [-0.05, 0) is 26.7 Å². The van der Waals surface area contributed by atoms with E-state index >= 15 is 0 Å². The molecule has 0 aromatic heterocycles. The third-order valence-electron chi connectivity index (χ3n) is 3.22. The first-order valence-corrected chi connectivity index (χ1v) is 6.92. The van der Waals surface area contributed by atoms with E-state index in [4.69, 9.17) is 9.47 Å². The lowest BCUT2D eigenvalue weighted by Crippen LogP contribution is -2.43. The summed E-state index contributed by atoms with van der Waals surface area (Å²) >= 11 is 0. The van der Waals surface area contributed by atoms with Crippen LogP contribution in [0.25, 0.3) is 0 Å². The average molecular weight is 245 g/mol. The number of aliphatic hydroxyl groups excluding tert-OH is 1. The van der Waals surface area contributed by atoms with Crippen molar-refractivity contribution in [1.82, 2.24) is 5.32 Å². The molecular formula is C13H27NO3. The lowest BCUT2D eigenvalue weighted by molar-refractivity contribution is -0.139. The molecule has 1 aliphatic rings. The monoisotopic (exact) mass is 245 g/mol. The van der Waals surface area contributed by atoms with E-state index < -0.39 is 0 Å². The molecule has 1 aliphatic carbocycles. The Bertz CT molecular complexity index is 184. The molecule has 102 valence electrons. The second-order valence-corrected chi connectivity index (χ2v) is 4.54. The molecule has 2 N–H and O–H groups in total. The first kappa shape index (κ1) is 14.9. The molecule has 0 bridgehead atoms. The van der Waals surface area contributed by atoms with Gasteiger partial charge in [0.15, 0.2) is 6.29 Å². The number of ether oxygens (including phenoxy) is 2. The topological polar surface area (TPSA) is 50.7 Å². The highest BCUT2D eigenvalue weighted by Crippen LogP contribution is 2.18. The molecule has 0 spiro atoms. The summed E-state index contributed by atoms with van der Waals surface area (Å²) in [5, 5.41) is 13.2. The Balaban J connectivity index is 2.15. The summed E-state index contributed by atoms with van der Waals surface area (Å²) in [7, 11) is 0. The highest BCUT2D eigenvalue weighted by Gasteiger charge is 2.22. The van der Waals surface area contributed by atoms with Crippen LogP contribution in [-0.2, 0) is 9.47 Å². The number of nitrogens with one attached hydrogen (secondary N) is 1. The van der Waals surface area contributed by atoms with Crippen LogP contribution >= 0.6 is 0 Å². The van der Waals surface area contributed by atoms with Gasteiger partial charge in [0, 0.05) is 32.2 Å². The second kappa shape index (κ2) is 8.86. The van der Waals surface area contributed by atoms with Crippen LogP contribution in [0.2, 0.25) is 0 Å². The lowest BCUT2D eigenvalue weighted by atomic mass is 9.92. The minimum absolute atomic E-state index is 0.113. The fourth-order valence-electron chi connectivity index (χ4n) is 2.32. The maximum Gasteiger partial charge on any atom is 0.158 e. The summed E-state index contributed by atoms with van der Waals surface area (Å²) < 4.78 is 10.9. The predicted molar refractivity (Wildman–Crippen MR) is 67.9 cm³/mol. The molecule has 0 amide bonds. The van der Waals surface area contributed by atoms with Crippen molar-refractivity contribution in [1.29, 1.82) is 0 Å².